The molecule has 0 saturated heterocycles. The van der Waals surface area contributed by atoms with Gasteiger partial charge in [0.2, 0.25) is 0 Å². The molecule has 18 heavy (non-hydrogen) atoms. The van der Waals surface area contributed by atoms with Crippen LogP contribution in [0, 0.1) is 5.82 Å². The third-order valence-electron chi connectivity index (χ3n) is 2.87. The van der Waals surface area contributed by atoms with Crippen molar-refractivity contribution in [2.45, 2.75) is 38.7 Å². The van der Waals surface area contributed by atoms with Gasteiger partial charge in [0, 0.05) is 6.42 Å². The molecule has 0 spiro atoms. The molecule has 4 heteroatoms. The highest BCUT2D eigenvalue weighted by atomic mass is 35.5. The Morgan fingerprint density at radius 1 is 1.39 bits per heavy atom. The van der Waals surface area contributed by atoms with Crippen LogP contribution in [0.5, 0.6) is 0 Å². The Kier molecular flexibility index (Phi) is 6.06. The van der Waals surface area contributed by atoms with Crippen molar-refractivity contribution in [2.24, 2.45) is 0 Å². The summed E-state index contributed by atoms with van der Waals surface area (Å²) in [4.78, 5) is 0. The smallest absolute Gasteiger partial charge is 0.142 e. The molecule has 1 unspecified atom stereocenters. The number of rotatable bonds is 7. The minimum Gasteiger partial charge on any atom is -0.390 e. The first kappa shape index (κ1) is 15.4. The van der Waals surface area contributed by atoms with Gasteiger partial charge in [-0.2, -0.15) is 0 Å². The second-order valence-corrected chi connectivity index (χ2v) is 5.26. The van der Waals surface area contributed by atoms with E-state index >= 15 is 0 Å². The molecule has 0 radical (unpaired) electrons. The number of benzene rings is 1. The molecule has 1 atom stereocenters. The molecule has 0 fully saturated rings. The summed E-state index contributed by atoms with van der Waals surface area (Å²) in [6, 6.07) is 4.69. The summed E-state index contributed by atoms with van der Waals surface area (Å²) in [5.41, 5.74) is -0.227. The van der Waals surface area contributed by atoms with Crippen LogP contribution in [-0.2, 0) is 6.42 Å². The molecule has 0 aliphatic heterocycles. The van der Waals surface area contributed by atoms with Crippen LogP contribution in [0.15, 0.2) is 18.2 Å². The lowest BCUT2D eigenvalue weighted by Crippen LogP contribution is -2.32. The average Bonchev–Trinajstić information content (AvgIpc) is 2.31. The molecule has 0 amide bonds. The summed E-state index contributed by atoms with van der Waals surface area (Å²) < 4.78 is 13.3. The maximum Gasteiger partial charge on any atom is 0.142 e. The molecule has 102 valence electrons. The van der Waals surface area contributed by atoms with E-state index in [2.05, 4.69) is 12.2 Å². The van der Waals surface area contributed by atoms with Crippen molar-refractivity contribution in [3.05, 3.63) is 34.6 Å². The Morgan fingerprint density at radius 3 is 2.78 bits per heavy atom. The van der Waals surface area contributed by atoms with Crippen molar-refractivity contribution >= 4 is 11.6 Å². The molecule has 0 aliphatic rings. The number of aliphatic hydroxyl groups is 1. The van der Waals surface area contributed by atoms with Crippen LogP contribution in [0.2, 0.25) is 5.02 Å². The van der Waals surface area contributed by atoms with Gasteiger partial charge < -0.3 is 10.4 Å². The van der Waals surface area contributed by atoms with Crippen molar-refractivity contribution in [1.29, 1.82) is 0 Å². The summed E-state index contributed by atoms with van der Waals surface area (Å²) >= 11 is 5.88. The second kappa shape index (κ2) is 7.07. The van der Waals surface area contributed by atoms with E-state index in [0.29, 0.717) is 18.4 Å². The zero-order valence-electron chi connectivity index (χ0n) is 11.0. The number of halogens is 2. The fourth-order valence-corrected chi connectivity index (χ4v) is 2.04. The first-order valence-corrected chi connectivity index (χ1v) is 6.70. The first-order valence-electron chi connectivity index (χ1n) is 6.32. The van der Waals surface area contributed by atoms with E-state index in [0.717, 1.165) is 19.5 Å². The van der Waals surface area contributed by atoms with Crippen molar-refractivity contribution in [3.8, 4) is 0 Å². The number of hydrogen-bond acceptors (Lipinski definition) is 2. The van der Waals surface area contributed by atoms with Crippen LogP contribution >= 0.6 is 11.6 Å². The third kappa shape index (κ3) is 4.92. The first-order chi connectivity index (χ1) is 8.46. The maximum absolute atomic E-state index is 13.3. The number of nitrogens with one attached hydrogen (secondary N) is 1. The summed E-state index contributed by atoms with van der Waals surface area (Å²) in [7, 11) is 0. The van der Waals surface area contributed by atoms with Gasteiger partial charge in [-0.05, 0) is 44.5 Å². The minimum absolute atomic E-state index is 0.110. The fourth-order valence-electron chi connectivity index (χ4n) is 1.84. The normalized spacial score (nSPS) is 14.5. The molecular formula is C14H21ClFNO. The van der Waals surface area contributed by atoms with Gasteiger partial charge in [0.15, 0.2) is 0 Å². The van der Waals surface area contributed by atoms with Gasteiger partial charge in [-0.15, -0.1) is 0 Å². The Morgan fingerprint density at radius 2 is 2.11 bits per heavy atom. The lowest BCUT2D eigenvalue weighted by Gasteiger charge is -2.24. The van der Waals surface area contributed by atoms with E-state index < -0.39 is 11.4 Å². The molecule has 0 bridgehead atoms. The van der Waals surface area contributed by atoms with E-state index in [1.165, 1.54) is 6.07 Å². The average molecular weight is 274 g/mol. The Hall–Kier alpha value is -0.640. The van der Waals surface area contributed by atoms with Crippen LogP contribution in [0.4, 0.5) is 4.39 Å². The highest BCUT2D eigenvalue weighted by Gasteiger charge is 2.22. The summed E-state index contributed by atoms with van der Waals surface area (Å²) in [6.07, 6.45) is 2.04. The van der Waals surface area contributed by atoms with Gasteiger partial charge in [-0.1, -0.05) is 30.7 Å². The van der Waals surface area contributed by atoms with Crippen LogP contribution < -0.4 is 5.32 Å². The van der Waals surface area contributed by atoms with E-state index in [4.69, 9.17) is 11.6 Å². The molecule has 0 heterocycles. The fraction of sp³-hybridized carbons (Fsp3) is 0.571. The molecule has 0 aromatic heterocycles. The van der Waals surface area contributed by atoms with Gasteiger partial charge in [0.1, 0.15) is 5.82 Å². The van der Waals surface area contributed by atoms with Gasteiger partial charge in [0.05, 0.1) is 10.6 Å². The molecule has 2 N–H and O–H groups in total. The Bertz CT molecular complexity index is 382. The van der Waals surface area contributed by atoms with Gasteiger partial charge in [0.25, 0.3) is 0 Å². The number of hydrogen-bond donors (Lipinski definition) is 2. The van der Waals surface area contributed by atoms with Crippen LogP contribution in [0.1, 0.15) is 32.3 Å². The lowest BCUT2D eigenvalue weighted by atomic mass is 9.93. The largest absolute Gasteiger partial charge is 0.390 e. The minimum atomic E-state index is -0.877. The van der Waals surface area contributed by atoms with Gasteiger partial charge in [-0.25, -0.2) is 4.39 Å². The second-order valence-electron chi connectivity index (χ2n) is 4.89. The molecule has 0 aliphatic carbocycles. The highest BCUT2D eigenvalue weighted by molar-refractivity contribution is 6.31. The molecule has 1 aromatic carbocycles. The summed E-state index contributed by atoms with van der Waals surface area (Å²) in [6.45, 7) is 5.53. The Labute approximate surface area is 113 Å². The van der Waals surface area contributed by atoms with Crippen molar-refractivity contribution < 1.29 is 9.50 Å². The monoisotopic (exact) mass is 273 g/mol. The van der Waals surface area contributed by atoms with Gasteiger partial charge in [-0.3, -0.25) is 0 Å². The molecular weight excluding hydrogens is 253 g/mol. The molecule has 1 rings (SSSR count). The van der Waals surface area contributed by atoms with E-state index in [9.17, 15) is 9.50 Å². The molecule has 0 saturated carbocycles. The van der Waals surface area contributed by atoms with E-state index in [1.54, 1.807) is 19.1 Å². The zero-order valence-corrected chi connectivity index (χ0v) is 11.7. The predicted molar refractivity (Wildman–Crippen MR) is 73.5 cm³/mol. The zero-order chi connectivity index (χ0) is 13.6. The topological polar surface area (TPSA) is 32.3 Å². The van der Waals surface area contributed by atoms with E-state index in [1.807, 2.05) is 0 Å². The summed E-state index contributed by atoms with van der Waals surface area (Å²) in [5.74, 6) is -0.436. The highest BCUT2D eigenvalue weighted by Crippen LogP contribution is 2.25. The summed E-state index contributed by atoms with van der Waals surface area (Å²) in [5, 5.41) is 13.6. The quantitative estimate of drug-likeness (QED) is 0.748. The van der Waals surface area contributed by atoms with Crippen molar-refractivity contribution in [1.82, 2.24) is 5.32 Å². The van der Waals surface area contributed by atoms with Crippen LogP contribution in [0.25, 0.3) is 0 Å². The van der Waals surface area contributed by atoms with Crippen LogP contribution in [-0.4, -0.2) is 23.8 Å². The van der Waals surface area contributed by atoms with Crippen LogP contribution in [0.3, 0.4) is 0 Å². The van der Waals surface area contributed by atoms with E-state index in [-0.39, 0.29) is 5.02 Å². The molecule has 2 nitrogen and oxygen atoms in total. The van der Waals surface area contributed by atoms with Gasteiger partial charge >= 0.3 is 0 Å². The lowest BCUT2D eigenvalue weighted by molar-refractivity contribution is 0.0515. The SMILES string of the molecule is CCCNCCC(C)(O)Cc1cccc(F)c1Cl. The Balaban J connectivity index is 2.56. The maximum atomic E-state index is 13.3. The van der Waals surface area contributed by atoms with Crippen molar-refractivity contribution in [2.75, 3.05) is 13.1 Å². The standard InChI is InChI=1S/C14H21ClFNO/c1-3-8-17-9-7-14(2,18)10-11-5-4-6-12(16)13(11)15/h4-6,17-18H,3,7-10H2,1-2H3. The third-order valence-corrected chi connectivity index (χ3v) is 3.29. The predicted octanol–water partition coefficient (Wildman–Crippen LogP) is 3.16. The van der Waals surface area contributed by atoms with Crippen molar-refractivity contribution in [3.63, 3.8) is 0 Å². The molecule has 1 aromatic rings.